The van der Waals surface area contributed by atoms with E-state index in [1.807, 2.05) is 0 Å². The fourth-order valence-corrected chi connectivity index (χ4v) is 13.3. The SMILES string of the molecule is CC1=C(N(c2ccc3c(c2)C2=CC=C4c5c(c(-c6cc(C(C)(C)C)cc(C(C)(C)C)c6)c6cc7c(cc6c5-c5cc(C(C)(C)C)cc(C(C)(C)C)c5)CCC=C7)C5=CC3C2C54)c2ccccc2C)C=CCC1. The Bertz CT molecular complexity index is 3450. The van der Waals surface area contributed by atoms with Crippen molar-refractivity contribution >= 4 is 44.9 Å². The Morgan fingerprint density at radius 2 is 1.07 bits per heavy atom. The minimum absolute atomic E-state index is 0.0184. The summed E-state index contributed by atoms with van der Waals surface area (Å²) in [5.74, 6) is 0.919. The maximum atomic E-state index is 2.76. The van der Waals surface area contributed by atoms with Gasteiger partial charge in [-0.2, -0.15) is 0 Å². The number of fused-ring (bicyclic) bond motifs is 8. The second kappa shape index (κ2) is 16.2. The third kappa shape index (κ3) is 7.37. The molecule has 6 aliphatic rings. The first-order chi connectivity index (χ1) is 34.1. The van der Waals surface area contributed by atoms with Crippen LogP contribution in [0.15, 0.2) is 139 Å². The number of para-hydroxylation sites is 1. The molecule has 0 aliphatic heterocycles. The van der Waals surface area contributed by atoms with Gasteiger partial charge in [0, 0.05) is 34.8 Å². The first-order valence-electron chi connectivity index (χ1n) is 27.2. The highest BCUT2D eigenvalue weighted by atomic mass is 15.2. The van der Waals surface area contributed by atoms with Crippen molar-refractivity contribution in [1.82, 2.24) is 0 Å². The summed E-state index contributed by atoms with van der Waals surface area (Å²) in [5, 5.41) is 2.78. The molecule has 0 saturated heterocycles. The monoisotopic (exact) mass is 942 g/mol. The van der Waals surface area contributed by atoms with Crippen LogP contribution < -0.4 is 4.90 Å². The molecule has 1 nitrogen and oxygen atoms in total. The van der Waals surface area contributed by atoms with Crippen molar-refractivity contribution in [2.45, 2.75) is 150 Å². The molecule has 6 aromatic carbocycles. The highest BCUT2D eigenvalue weighted by molar-refractivity contribution is 6.20. The number of nitrogens with zero attached hydrogens (tertiary/aromatic N) is 1. The Morgan fingerprint density at radius 1 is 0.514 bits per heavy atom. The molecule has 0 amide bonds. The van der Waals surface area contributed by atoms with Crippen molar-refractivity contribution in [3.63, 3.8) is 0 Å². The maximum absolute atomic E-state index is 2.76. The van der Waals surface area contributed by atoms with Gasteiger partial charge in [-0.3, -0.25) is 0 Å². The molecule has 6 aromatic rings. The zero-order valence-corrected chi connectivity index (χ0v) is 45.7. The average molecular weight is 942 g/mol. The lowest BCUT2D eigenvalue weighted by molar-refractivity contribution is 0.568. The smallest absolute Gasteiger partial charge is 0.0490 e. The highest BCUT2D eigenvalue weighted by Gasteiger charge is 2.54. The number of allylic oxidation sites excluding steroid dienone is 10. The van der Waals surface area contributed by atoms with Crippen LogP contribution in [0.4, 0.5) is 11.4 Å². The van der Waals surface area contributed by atoms with Crippen LogP contribution in [-0.2, 0) is 28.1 Å². The van der Waals surface area contributed by atoms with Crippen LogP contribution in [0.5, 0.6) is 0 Å². The molecule has 0 radical (unpaired) electrons. The zero-order chi connectivity index (χ0) is 50.6. The van der Waals surface area contributed by atoms with Gasteiger partial charge in [0.15, 0.2) is 0 Å². The molecule has 72 heavy (non-hydrogen) atoms. The molecule has 1 heteroatoms. The van der Waals surface area contributed by atoms with Crippen LogP contribution in [0, 0.1) is 18.8 Å². The number of hydrogen-bond donors (Lipinski definition) is 0. The molecule has 0 aromatic heterocycles. The summed E-state index contributed by atoms with van der Waals surface area (Å²) in [6.07, 6.45) is 21.8. The standard InChI is InChI=1S/C71H75N/c1-41-21-15-19-25-60(41)72(61-26-20-16-22-42(61)2)51-27-28-52-55(39-51)53-29-30-54-65-59(40-58(52)64(53)65)67-63(46-33-49(70(9,10)11)38-50(34-46)71(12,13)14)57-36-44-24-18-17-23-43(44)35-56(57)62(66(54)67)45-31-47(68(3,4)5)37-48(32-45)69(6,7)8/h15,18-21,24-40,58,64-65H,16-17,22-23H2,1-14H3. The summed E-state index contributed by atoms with van der Waals surface area (Å²) in [6, 6.07) is 36.9. The molecule has 0 bridgehead atoms. The fourth-order valence-electron chi connectivity index (χ4n) is 13.3. The van der Waals surface area contributed by atoms with E-state index in [0.717, 1.165) is 25.7 Å². The summed E-state index contributed by atoms with van der Waals surface area (Å²) < 4.78 is 0. The molecular formula is C71H75N. The van der Waals surface area contributed by atoms with E-state index in [4.69, 9.17) is 0 Å². The minimum Gasteiger partial charge on any atom is -0.310 e. The molecule has 0 N–H and O–H groups in total. The average Bonchev–Trinajstić information content (AvgIpc) is 3.97. The van der Waals surface area contributed by atoms with Gasteiger partial charge in [0.25, 0.3) is 0 Å². The lowest BCUT2D eigenvalue weighted by Crippen LogP contribution is -2.19. The van der Waals surface area contributed by atoms with Gasteiger partial charge in [-0.25, -0.2) is 0 Å². The van der Waals surface area contributed by atoms with E-state index in [1.165, 1.54) is 134 Å². The van der Waals surface area contributed by atoms with Crippen LogP contribution in [-0.4, -0.2) is 0 Å². The summed E-state index contributed by atoms with van der Waals surface area (Å²) in [6.45, 7) is 33.3. The first-order valence-corrected chi connectivity index (χ1v) is 27.2. The van der Waals surface area contributed by atoms with Crippen LogP contribution in [0.3, 0.4) is 0 Å². The quantitative estimate of drug-likeness (QED) is 0.166. The Morgan fingerprint density at radius 3 is 1.67 bits per heavy atom. The lowest BCUT2D eigenvalue weighted by atomic mass is 9.74. The normalized spacial score (nSPS) is 19.8. The second-order valence-electron chi connectivity index (χ2n) is 26.5. The predicted molar refractivity (Wildman–Crippen MR) is 311 cm³/mol. The number of anilines is 2. The van der Waals surface area contributed by atoms with E-state index in [0.29, 0.717) is 11.8 Å². The van der Waals surface area contributed by atoms with Gasteiger partial charge >= 0.3 is 0 Å². The van der Waals surface area contributed by atoms with Gasteiger partial charge in [0.05, 0.1) is 0 Å². The van der Waals surface area contributed by atoms with Gasteiger partial charge in [-0.15, -0.1) is 0 Å². The number of rotatable bonds is 5. The van der Waals surface area contributed by atoms with Crippen LogP contribution in [0.2, 0.25) is 0 Å². The van der Waals surface area contributed by atoms with Crippen molar-refractivity contribution in [2.75, 3.05) is 4.90 Å². The first kappa shape index (κ1) is 46.9. The molecule has 364 valence electrons. The topological polar surface area (TPSA) is 3.24 Å². The van der Waals surface area contributed by atoms with Crippen LogP contribution in [0.1, 0.15) is 176 Å². The minimum atomic E-state index is -0.0214. The van der Waals surface area contributed by atoms with E-state index in [-0.39, 0.29) is 27.6 Å². The molecule has 3 unspecified atom stereocenters. The molecule has 0 fully saturated rings. The summed E-state index contributed by atoms with van der Waals surface area (Å²) in [5.41, 5.74) is 30.8. The van der Waals surface area contributed by atoms with Crippen molar-refractivity contribution in [3.8, 4) is 22.3 Å². The van der Waals surface area contributed by atoms with Crippen molar-refractivity contribution in [2.24, 2.45) is 11.8 Å². The van der Waals surface area contributed by atoms with Gasteiger partial charge in [-0.05, 0) is 214 Å². The van der Waals surface area contributed by atoms with E-state index in [2.05, 4.69) is 235 Å². The van der Waals surface area contributed by atoms with Gasteiger partial charge in [-0.1, -0.05) is 180 Å². The summed E-state index contributed by atoms with van der Waals surface area (Å²) in [7, 11) is 0. The van der Waals surface area contributed by atoms with Crippen LogP contribution >= 0.6 is 0 Å². The van der Waals surface area contributed by atoms with Gasteiger partial charge < -0.3 is 4.90 Å². The summed E-state index contributed by atoms with van der Waals surface area (Å²) >= 11 is 0. The third-order valence-corrected chi connectivity index (χ3v) is 17.5. The molecular weight excluding hydrogens is 867 g/mol. The summed E-state index contributed by atoms with van der Waals surface area (Å²) in [4.78, 5) is 2.54. The lowest BCUT2D eigenvalue weighted by Gasteiger charge is -2.31. The Kier molecular flexibility index (Phi) is 10.5. The second-order valence-corrected chi connectivity index (χ2v) is 26.5. The van der Waals surface area contributed by atoms with Gasteiger partial charge in [0.1, 0.15) is 0 Å². The fraction of sp³-hybridized carbons (Fsp3) is 0.352. The molecule has 6 aliphatic carbocycles. The number of hydrogen-bond acceptors (Lipinski definition) is 1. The van der Waals surface area contributed by atoms with Crippen molar-refractivity contribution < 1.29 is 0 Å². The predicted octanol–water partition coefficient (Wildman–Crippen LogP) is 19.6. The number of benzene rings is 6. The Hall–Kier alpha value is -6.18. The molecule has 12 rings (SSSR count). The van der Waals surface area contributed by atoms with Crippen molar-refractivity contribution in [3.05, 3.63) is 200 Å². The van der Waals surface area contributed by atoms with E-state index < -0.39 is 0 Å². The maximum Gasteiger partial charge on any atom is 0.0490 e. The molecule has 0 spiro atoms. The van der Waals surface area contributed by atoms with Gasteiger partial charge in [0.2, 0.25) is 0 Å². The largest absolute Gasteiger partial charge is 0.310 e. The van der Waals surface area contributed by atoms with E-state index in [1.54, 1.807) is 0 Å². The zero-order valence-electron chi connectivity index (χ0n) is 45.7. The Balaban J connectivity index is 1.18. The molecule has 0 saturated carbocycles. The third-order valence-electron chi connectivity index (χ3n) is 17.5. The molecule has 3 atom stereocenters. The molecule has 0 heterocycles. The van der Waals surface area contributed by atoms with E-state index in [9.17, 15) is 0 Å². The Labute approximate surface area is 431 Å². The van der Waals surface area contributed by atoms with E-state index >= 15 is 0 Å². The number of aryl methyl sites for hydroxylation is 2. The van der Waals surface area contributed by atoms with Crippen molar-refractivity contribution in [1.29, 1.82) is 0 Å². The van der Waals surface area contributed by atoms with Crippen LogP contribution in [0.25, 0.3) is 55.8 Å². The highest BCUT2D eigenvalue weighted by Crippen LogP contribution is 2.69.